The number of hydrogen-bond donors (Lipinski definition) is 0. The highest BCUT2D eigenvalue weighted by molar-refractivity contribution is 6.07. The van der Waals surface area contributed by atoms with Crippen LogP contribution in [-0.2, 0) is 4.79 Å². The minimum absolute atomic E-state index is 0.0190. The molecule has 1 saturated carbocycles. The van der Waals surface area contributed by atoms with E-state index in [1.165, 1.54) is 56.9 Å². The van der Waals surface area contributed by atoms with Crippen LogP contribution in [0.3, 0.4) is 0 Å². The van der Waals surface area contributed by atoms with Gasteiger partial charge in [-0.15, -0.1) is 0 Å². The lowest BCUT2D eigenvalue weighted by Gasteiger charge is -2.29. The van der Waals surface area contributed by atoms with Gasteiger partial charge in [0, 0.05) is 12.0 Å². The predicted molar refractivity (Wildman–Crippen MR) is 99.5 cm³/mol. The molecule has 1 fully saturated rings. The van der Waals surface area contributed by atoms with Gasteiger partial charge < -0.3 is 0 Å². The zero-order chi connectivity index (χ0) is 17.4. The fourth-order valence-electron chi connectivity index (χ4n) is 3.81. The van der Waals surface area contributed by atoms with Crippen LogP contribution in [0.4, 0.5) is 0 Å². The van der Waals surface area contributed by atoms with Crippen LogP contribution in [0.1, 0.15) is 99.9 Å². The van der Waals surface area contributed by atoms with Gasteiger partial charge in [-0.25, -0.2) is 0 Å². The lowest BCUT2D eigenvalue weighted by molar-refractivity contribution is -0.117. The Bertz CT molecular complexity index is 521. The summed E-state index contributed by atoms with van der Waals surface area (Å²) >= 11 is 0. The molecule has 0 spiro atoms. The van der Waals surface area contributed by atoms with Crippen molar-refractivity contribution in [2.24, 2.45) is 5.92 Å². The van der Waals surface area contributed by atoms with Gasteiger partial charge in [-0.2, -0.15) is 0 Å². The maximum atomic E-state index is 12.0. The van der Waals surface area contributed by atoms with E-state index in [-0.39, 0.29) is 18.0 Å². The van der Waals surface area contributed by atoms with Crippen molar-refractivity contribution < 1.29 is 9.59 Å². The number of Topliss-reactive ketones (excluding diaryl/α,β-unsaturated/α-hetero) is 2. The van der Waals surface area contributed by atoms with E-state index in [2.05, 4.69) is 19.1 Å². The van der Waals surface area contributed by atoms with Crippen LogP contribution in [0.25, 0.3) is 0 Å². The second-order valence-corrected chi connectivity index (χ2v) is 7.33. The molecule has 0 atom stereocenters. The van der Waals surface area contributed by atoms with Crippen molar-refractivity contribution >= 4 is 11.6 Å². The molecular formula is C22H32O2. The minimum Gasteiger partial charge on any atom is -0.299 e. The molecule has 0 bridgehead atoms. The van der Waals surface area contributed by atoms with E-state index in [0.717, 1.165) is 5.92 Å². The van der Waals surface area contributed by atoms with Crippen LogP contribution in [-0.4, -0.2) is 11.6 Å². The third-order valence-electron chi connectivity index (χ3n) is 5.52. The van der Waals surface area contributed by atoms with E-state index >= 15 is 0 Å². The quantitative estimate of drug-likeness (QED) is 0.312. The van der Waals surface area contributed by atoms with Gasteiger partial charge in [-0.3, -0.25) is 9.59 Å². The van der Waals surface area contributed by atoms with E-state index in [1.807, 2.05) is 12.1 Å². The van der Waals surface area contributed by atoms with E-state index < -0.39 is 0 Å². The summed E-state index contributed by atoms with van der Waals surface area (Å²) in [6.45, 7) is 4.07. The van der Waals surface area contributed by atoms with Gasteiger partial charge in [0.2, 0.25) is 0 Å². The summed E-state index contributed by atoms with van der Waals surface area (Å²) in [6, 6.07) is 8.03. The van der Waals surface area contributed by atoms with Gasteiger partial charge in [0.05, 0.1) is 6.42 Å². The van der Waals surface area contributed by atoms with Crippen molar-refractivity contribution in [2.45, 2.75) is 84.0 Å². The number of benzene rings is 1. The SMILES string of the molecule is CCCCCC1CCC(c2ccc(C(=O)CC(=O)CC)cc2)CC1. The van der Waals surface area contributed by atoms with E-state index in [1.54, 1.807) is 6.92 Å². The van der Waals surface area contributed by atoms with E-state index in [9.17, 15) is 9.59 Å². The summed E-state index contributed by atoms with van der Waals surface area (Å²) in [7, 11) is 0. The van der Waals surface area contributed by atoms with Crippen molar-refractivity contribution in [3.8, 4) is 0 Å². The zero-order valence-corrected chi connectivity index (χ0v) is 15.4. The summed E-state index contributed by atoms with van der Waals surface area (Å²) in [5.41, 5.74) is 2.04. The lowest BCUT2D eigenvalue weighted by Crippen LogP contribution is -2.13. The third kappa shape index (κ3) is 5.58. The molecule has 0 N–H and O–H groups in total. The molecule has 0 unspecified atom stereocenters. The summed E-state index contributed by atoms with van der Waals surface area (Å²) in [4.78, 5) is 23.5. The molecule has 24 heavy (non-hydrogen) atoms. The number of hydrogen-bond acceptors (Lipinski definition) is 2. The Balaban J connectivity index is 1.84. The first-order valence-corrected chi connectivity index (χ1v) is 9.78. The Kier molecular flexibility index (Phi) is 7.68. The number of carbonyl (C=O) groups excluding carboxylic acids is 2. The molecule has 0 radical (unpaired) electrons. The Hall–Kier alpha value is -1.44. The van der Waals surface area contributed by atoms with Crippen LogP contribution < -0.4 is 0 Å². The Morgan fingerprint density at radius 1 is 0.958 bits per heavy atom. The standard InChI is InChI=1S/C22H32O2/c1-3-5-6-7-17-8-10-18(11-9-17)19-12-14-20(15-13-19)22(24)16-21(23)4-2/h12-15,17-18H,3-11,16H2,1-2H3. The van der Waals surface area contributed by atoms with E-state index in [0.29, 0.717) is 17.9 Å². The van der Waals surface area contributed by atoms with E-state index in [4.69, 9.17) is 0 Å². The highest BCUT2D eigenvalue weighted by atomic mass is 16.1. The molecule has 2 heteroatoms. The molecule has 132 valence electrons. The molecule has 1 aliphatic carbocycles. The average Bonchev–Trinajstić information content (AvgIpc) is 2.62. The van der Waals surface area contributed by atoms with Crippen molar-refractivity contribution in [1.82, 2.24) is 0 Å². The first-order chi connectivity index (χ1) is 11.6. The molecule has 2 rings (SSSR count). The number of rotatable bonds is 9. The molecule has 0 aromatic heterocycles. The van der Waals surface area contributed by atoms with Crippen molar-refractivity contribution in [3.05, 3.63) is 35.4 Å². The molecule has 1 aromatic carbocycles. The number of unbranched alkanes of at least 4 members (excludes halogenated alkanes) is 2. The second kappa shape index (κ2) is 9.76. The number of carbonyl (C=O) groups is 2. The molecule has 1 aromatic rings. The largest absolute Gasteiger partial charge is 0.299 e. The maximum absolute atomic E-state index is 12.0. The van der Waals surface area contributed by atoms with Gasteiger partial charge in [0.25, 0.3) is 0 Å². The lowest BCUT2D eigenvalue weighted by atomic mass is 9.77. The third-order valence-corrected chi connectivity index (χ3v) is 5.52. The topological polar surface area (TPSA) is 34.1 Å². The Morgan fingerprint density at radius 2 is 1.62 bits per heavy atom. The summed E-state index contributed by atoms with van der Waals surface area (Å²) < 4.78 is 0. The van der Waals surface area contributed by atoms with Crippen molar-refractivity contribution in [2.75, 3.05) is 0 Å². The predicted octanol–water partition coefficient (Wildman–Crippen LogP) is 6.09. The molecule has 0 saturated heterocycles. The molecule has 0 amide bonds. The Morgan fingerprint density at radius 3 is 2.21 bits per heavy atom. The normalized spacial score (nSPS) is 20.8. The van der Waals surface area contributed by atoms with Crippen LogP contribution in [0, 0.1) is 5.92 Å². The highest BCUT2D eigenvalue weighted by Gasteiger charge is 2.22. The summed E-state index contributed by atoms with van der Waals surface area (Å²) in [5, 5.41) is 0. The molecule has 2 nitrogen and oxygen atoms in total. The molecule has 0 aliphatic heterocycles. The smallest absolute Gasteiger partial charge is 0.170 e. The fraction of sp³-hybridized carbons (Fsp3) is 0.636. The van der Waals surface area contributed by atoms with Crippen molar-refractivity contribution in [3.63, 3.8) is 0 Å². The van der Waals surface area contributed by atoms with Gasteiger partial charge in [-0.1, -0.05) is 63.8 Å². The van der Waals surface area contributed by atoms with Crippen LogP contribution in [0.15, 0.2) is 24.3 Å². The first-order valence-electron chi connectivity index (χ1n) is 9.78. The van der Waals surface area contributed by atoms with Crippen LogP contribution in [0.5, 0.6) is 0 Å². The highest BCUT2D eigenvalue weighted by Crippen LogP contribution is 2.37. The van der Waals surface area contributed by atoms with Gasteiger partial charge in [-0.05, 0) is 43.1 Å². The van der Waals surface area contributed by atoms with Gasteiger partial charge >= 0.3 is 0 Å². The second-order valence-electron chi connectivity index (χ2n) is 7.33. The van der Waals surface area contributed by atoms with Gasteiger partial charge in [0.1, 0.15) is 5.78 Å². The Labute approximate surface area is 147 Å². The van der Waals surface area contributed by atoms with Crippen LogP contribution in [0.2, 0.25) is 0 Å². The maximum Gasteiger partial charge on any atom is 0.170 e. The molecule has 1 aliphatic rings. The molecule has 0 heterocycles. The monoisotopic (exact) mass is 328 g/mol. The molecular weight excluding hydrogens is 296 g/mol. The first kappa shape index (κ1) is 18.9. The summed E-state index contributed by atoms with van der Waals surface area (Å²) in [5.74, 6) is 1.54. The van der Waals surface area contributed by atoms with Crippen LogP contribution >= 0.6 is 0 Å². The average molecular weight is 328 g/mol. The van der Waals surface area contributed by atoms with Gasteiger partial charge in [0.15, 0.2) is 5.78 Å². The number of ketones is 2. The fourth-order valence-corrected chi connectivity index (χ4v) is 3.81. The van der Waals surface area contributed by atoms with Crippen molar-refractivity contribution in [1.29, 1.82) is 0 Å². The zero-order valence-electron chi connectivity index (χ0n) is 15.4. The minimum atomic E-state index is -0.0481. The summed E-state index contributed by atoms with van der Waals surface area (Å²) in [6.07, 6.45) is 11.2.